The van der Waals surface area contributed by atoms with Crippen LogP contribution in [0.4, 0.5) is 0 Å². The summed E-state index contributed by atoms with van der Waals surface area (Å²) in [7, 11) is 0. The third kappa shape index (κ3) is 1.39. The van der Waals surface area contributed by atoms with Gasteiger partial charge in [-0.15, -0.1) is 0 Å². The molecule has 0 radical (unpaired) electrons. The molecule has 0 saturated carbocycles. The Labute approximate surface area is 105 Å². The fourth-order valence-corrected chi connectivity index (χ4v) is 2.89. The molecule has 1 fully saturated rings. The van der Waals surface area contributed by atoms with Crippen LogP contribution in [0.1, 0.15) is 24.5 Å². The van der Waals surface area contributed by atoms with Crippen molar-refractivity contribution in [1.82, 2.24) is 0 Å². The lowest BCUT2D eigenvalue weighted by Gasteiger charge is -2.10. The van der Waals surface area contributed by atoms with Gasteiger partial charge in [0.05, 0.1) is 6.10 Å². The molecule has 1 aliphatic heterocycles. The van der Waals surface area contributed by atoms with Gasteiger partial charge in [0, 0.05) is 17.4 Å². The SMILES string of the molecule is c1ccc2c(c1)oc1cccc(C3CCCO3)c12. The first kappa shape index (κ1) is 10.2. The maximum atomic E-state index is 5.90. The molecular weight excluding hydrogens is 224 g/mol. The van der Waals surface area contributed by atoms with Crippen molar-refractivity contribution in [3.05, 3.63) is 48.0 Å². The number of rotatable bonds is 1. The van der Waals surface area contributed by atoms with E-state index >= 15 is 0 Å². The average Bonchev–Trinajstić information content (AvgIpc) is 3.05. The first-order valence-corrected chi connectivity index (χ1v) is 6.45. The molecule has 0 amide bonds. The molecule has 4 rings (SSSR count). The normalized spacial score (nSPS) is 19.9. The van der Waals surface area contributed by atoms with E-state index in [4.69, 9.17) is 9.15 Å². The number of ether oxygens (including phenoxy) is 1. The van der Waals surface area contributed by atoms with Gasteiger partial charge in [0.25, 0.3) is 0 Å². The number of hydrogen-bond donors (Lipinski definition) is 0. The molecule has 0 aliphatic carbocycles. The molecule has 2 aromatic carbocycles. The van der Waals surface area contributed by atoms with Crippen LogP contribution in [-0.4, -0.2) is 6.61 Å². The van der Waals surface area contributed by atoms with Gasteiger partial charge < -0.3 is 9.15 Å². The van der Waals surface area contributed by atoms with Crippen molar-refractivity contribution < 1.29 is 9.15 Å². The standard InChI is InChI=1S/C16H14O2/c1-2-7-14-12(5-1)16-11(13-9-4-10-17-13)6-3-8-15(16)18-14/h1-3,5-8,13H,4,9-10H2. The number of fused-ring (bicyclic) bond motifs is 3. The summed E-state index contributed by atoms with van der Waals surface area (Å²) in [5.74, 6) is 0. The minimum absolute atomic E-state index is 0.231. The quantitative estimate of drug-likeness (QED) is 0.625. The van der Waals surface area contributed by atoms with E-state index in [1.165, 1.54) is 16.3 Å². The highest BCUT2D eigenvalue weighted by Gasteiger charge is 2.21. The third-order valence-electron chi connectivity index (χ3n) is 3.71. The van der Waals surface area contributed by atoms with E-state index < -0.39 is 0 Å². The Morgan fingerprint density at radius 1 is 0.944 bits per heavy atom. The predicted molar refractivity (Wildman–Crippen MR) is 71.6 cm³/mol. The van der Waals surface area contributed by atoms with E-state index in [1.54, 1.807) is 0 Å². The summed E-state index contributed by atoms with van der Waals surface area (Å²) in [5.41, 5.74) is 3.19. The van der Waals surface area contributed by atoms with Gasteiger partial charge in [-0.1, -0.05) is 30.3 Å². The van der Waals surface area contributed by atoms with E-state index in [-0.39, 0.29) is 6.10 Å². The maximum Gasteiger partial charge on any atom is 0.135 e. The van der Waals surface area contributed by atoms with Gasteiger partial charge in [0.15, 0.2) is 0 Å². The van der Waals surface area contributed by atoms with Crippen molar-refractivity contribution >= 4 is 21.9 Å². The topological polar surface area (TPSA) is 22.4 Å². The molecular formula is C16H14O2. The van der Waals surface area contributed by atoms with Crippen molar-refractivity contribution in [2.45, 2.75) is 18.9 Å². The maximum absolute atomic E-state index is 5.90. The highest BCUT2D eigenvalue weighted by Crippen LogP contribution is 2.38. The molecule has 2 nitrogen and oxygen atoms in total. The van der Waals surface area contributed by atoms with Crippen LogP contribution >= 0.6 is 0 Å². The smallest absolute Gasteiger partial charge is 0.135 e. The molecule has 0 N–H and O–H groups in total. The molecule has 2 heteroatoms. The van der Waals surface area contributed by atoms with Crippen LogP contribution < -0.4 is 0 Å². The molecule has 1 aromatic heterocycles. The molecule has 1 atom stereocenters. The average molecular weight is 238 g/mol. The fraction of sp³-hybridized carbons (Fsp3) is 0.250. The van der Waals surface area contributed by atoms with Gasteiger partial charge >= 0.3 is 0 Å². The lowest BCUT2D eigenvalue weighted by atomic mass is 10.0. The van der Waals surface area contributed by atoms with Crippen molar-refractivity contribution in [3.63, 3.8) is 0 Å². The predicted octanol–water partition coefficient (Wildman–Crippen LogP) is 4.44. The van der Waals surface area contributed by atoms with Crippen LogP contribution in [0.2, 0.25) is 0 Å². The molecule has 0 spiro atoms. The van der Waals surface area contributed by atoms with Crippen LogP contribution in [0.15, 0.2) is 46.9 Å². The zero-order valence-corrected chi connectivity index (χ0v) is 10.1. The van der Waals surface area contributed by atoms with Gasteiger partial charge in [0.2, 0.25) is 0 Å². The number of benzene rings is 2. The van der Waals surface area contributed by atoms with E-state index in [0.29, 0.717) is 0 Å². The number of hydrogen-bond acceptors (Lipinski definition) is 2. The molecule has 1 unspecified atom stereocenters. The summed E-state index contributed by atoms with van der Waals surface area (Å²) in [6, 6.07) is 14.5. The lowest BCUT2D eigenvalue weighted by Crippen LogP contribution is -1.95. The van der Waals surface area contributed by atoms with Crippen molar-refractivity contribution in [3.8, 4) is 0 Å². The Hall–Kier alpha value is -1.80. The Bertz CT molecular complexity index is 705. The van der Waals surface area contributed by atoms with Crippen LogP contribution in [-0.2, 0) is 4.74 Å². The molecule has 90 valence electrons. The summed E-state index contributed by atoms with van der Waals surface area (Å²) >= 11 is 0. The molecule has 0 bridgehead atoms. The van der Waals surface area contributed by atoms with Gasteiger partial charge in [-0.05, 0) is 30.5 Å². The van der Waals surface area contributed by atoms with Crippen molar-refractivity contribution in [1.29, 1.82) is 0 Å². The third-order valence-corrected chi connectivity index (χ3v) is 3.71. The van der Waals surface area contributed by atoms with Crippen LogP contribution in [0, 0.1) is 0 Å². The first-order chi connectivity index (χ1) is 8.93. The van der Waals surface area contributed by atoms with Crippen LogP contribution in [0.5, 0.6) is 0 Å². The van der Waals surface area contributed by atoms with Crippen molar-refractivity contribution in [2.75, 3.05) is 6.61 Å². The molecule has 1 aliphatic rings. The molecule has 1 saturated heterocycles. The monoisotopic (exact) mass is 238 g/mol. The highest BCUT2D eigenvalue weighted by molar-refractivity contribution is 6.06. The van der Waals surface area contributed by atoms with Gasteiger partial charge in [-0.25, -0.2) is 0 Å². The van der Waals surface area contributed by atoms with E-state index in [9.17, 15) is 0 Å². The van der Waals surface area contributed by atoms with E-state index in [0.717, 1.165) is 30.6 Å². The second-order valence-electron chi connectivity index (χ2n) is 4.82. The van der Waals surface area contributed by atoms with E-state index in [2.05, 4.69) is 24.3 Å². The second kappa shape index (κ2) is 3.85. The number of para-hydroxylation sites is 1. The number of furan rings is 1. The first-order valence-electron chi connectivity index (χ1n) is 6.45. The van der Waals surface area contributed by atoms with Crippen molar-refractivity contribution in [2.24, 2.45) is 0 Å². The Balaban J connectivity index is 2.06. The van der Waals surface area contributed by atoms with Crippen LogP contribution in [0.25, 0.3) is 21.9 Å². The van der Waals surface area contributed by atoms with Crippen LogP contribution in [0.3, 0.4) is 0 Å². The second-order valence-corrected chi connectivity index (χ2v) is 4.82. The molecule has 18 heavy (non-hydrogen) atoms. The zero-order chi connectivity index (χ0) is 11.9. The highest BCUT2D eigenvalue weighted by atomic mass is 16.5. The molecule has 3 aromatic rings. The largest absolute Gasteiger partial charge is 0.456 e. The Kier molecular flexibility index (Phi) is 2.17. The Morgan fingerprint density at radius 2 is 1.83 bits per heavy atom. The molecule has 2 heterocycles. The minimum atomic E-state index is 0.231. The minimum Gasteiger partial charge on any atom is -0.456 e. The summed E-state index contributed by atoms with van der Waals surface area (Å²) in [4.78, 5) is 0. The van der Waals surface area contributed by atoms with Gasteiger partial charge in [-0.3, -0.25) is 0 Å². The van der Waals surface area contributed by atoms with Gasteiger partial charge in [0.1, 0.15) is 11.2 Å². The summed E-state index contributed by atoms with van der Waals surface area (Å²) in [6.45, 7) is 0.872. The Morgan fingerprint density at radius 3 is 2.72 bits per heavy atom. The van der Waals surface area contributed by atoms with E-state index in [1.807, 2.05) is 18.2 Å². The summed E-state index contributed by atoms with van der Waals surface area (Å²) in [5, 5.41) is 2.42. The van der Waals surface area contributed by atoms with Gasteiger partial charge in [-0.2, -0.15) is 0 Å². The lowest BCUT2D eigenvalue weighted by molar-refractivity contribution is 0.113. The fourth-order valence-electron chi connectivity index (χ4n) is 2.89. The summed E-state index contributed by atoms with van der Waals surface area (Å²) < 4.78 is 11.7. The summed E-state index contributed by atoms with van der Waals surface area (Å²) in [6.07, 6.45) is 2.49. The zero-order valence-electron chi connectivity index (χ0n) is 10.1.